The van der Waals surface area contributed by atoms with Gasteiger partial charge in [-0.2, -0.15) is 35.1 Å². The lowest BCUT2D eigenvalue weighted by molar-refractivity contribution is -0.397. The van der Waals surface area contributed by atoms with Crippen LogP contribution < -0.4 is 0 Å². The molecule has 0 bridgehead atoms. The molecule has 158 valence electrons. The van der Waals surface area contributed by atoms with E-state index in [1.165, 1.54) is 0 Å². The first-order valence-electron chi connectivity index (χ1n) is 5.60. The molecule has 26 heavy (non-hydrogen) atoms. The summed E-state index contributed by atoms with van der Waals surface area (Å²) < 4.78 is 178. The molecule has 3 unspecified atom stereocenters. The first-order valence-corrected chi connectivity index (χ1v) is 7.13. The van der Waals surface area contributed by atoms with Gasteiger partial charge in [0.1, 0.15) is 0 Å². The van der Waals surface area contributed by atoms with Crippen molar-refractivity contribution in [1.82, 2.24) is 0 Å². The van der Waals surface area contributed by atoms with Gasteiger partial charge in [0, 0.05) is 0 Å². The summed E-state index contributed by atoms with van der Waals surface area (Å²) in [5.41, 5.74) is 0. The van der Waals surface area contributed by atoms with Crippen molar-refractivity contribution in [2.45, 2.75) is 48.8 Å². The van der Waals surface area contributed by atoms with Crippen LogP contribution in [0, 0.1) is 0 Å². The van der Waals surface area contributed by atoms with Gasteiger partial charge in [-0.05, 0) is 0 Å². The summed E-state index contributed by atoms with van der Waals surface area (Å²) in [5, 5.41) is 0. The zero-order valence-corrected chi connectivity index (χ0v) is 12.3. The SMILES string of the molecule is O=P(O)(O)OC(F)C(F)(F)C(F)(F)C(F)(F)C(F)(F)C(F)C(F)C(F)F. The molecule has 2 N–H and O–H groups in total. The molecule has 0 aliphatic carbocycles. The highest BCUT2D eigenvalue weighted by Gasteiger charge is 2.85. The van der Waals surface area contributed by atoms with Gasteiger partial charge in [0.2, 0.25) is 6.17 Å². The Kier molecular flexibility index (Phi) is 7.09. The summed E-state index contributed by atoms with van der Waals surface area (Å²) in [7, 11) is -6.38. The minimum Gasteiger partial charge on any atom is -0.303 e. The Morgan fingerprint density at radius 2 is 1.08 bits per heavy atom. The van der Waals surface area contributed by atoms with Gasteiger partial charge in [0.25, 0.3) is 12.8 Å². The van der Waals surface area contributed by atoms with Gasteiger partial charge >= 0.3 is 31.5 Å². The number of hydrogen-bond acceptors (Lipinski definition) is 2. The zero-order chi connectivity index (χ0) is 21.5. The van der Waals surface area contributed by atoms with Crippen LogP contribution >= 0.6 is 7.82 Å². The van der Waals surface area contributed by atoms with Gasteiger partial charge < -0.3 is 9.79 Å². The Labute approximate surface area is 134 Å². The molecule has 0 radical (unpaired) electrons. The third-order valence-corrected chi connectivity index (χ3v) is 3.07. The van der Waals surface area contributed by atoms with Crippen LogP contribution in [0.3, 0.4) is 0 Å². The number of phosphoric acid groups is 1. The van der Waals surface area contributed by atoms with E-state index in [1.54, 1.807) is 0 Å². The maximum absolute atomic E-state index is 13.1. The summed E-state index contributed by atoms with van der Waals surface area (Å²) in [4.78, 5) is 15.9. The third kappa shape index (κ3) is 4.36. The highest BCUT2D eigenvalue weighted by atomic mass is 31.2. The van der Waals surface area contributed by atoms with E-state index in [2.05, 4.69) is 4.52 Å². The molecule has 0 amide bonds. The minimum atomic E-state index is -7.72. The van der Waals surface area contributed by atoms with E-state index in [0.29, 0.717) is 0 Å². The molecule has 0 aliphatic rings. The second-order valence-corrected chi connectivity index (χ2v) is 5.68. The molecule has 0 aliphatic heterocycles. The van der Waals surface area contributed by atoms with Crippen LogP contribution in [0.25, 0.3) is 0 Å². The maximum Gasteiger partial charge on any atom is 0.472 e. The van der Waals surface area contributed by atoms with E-state index in [0.717, 1.165) is 0 Å². The molecule has 18 heteroatoms. The van der Waals surface area contributed by atoms with Crippen molar-refractivity contribution in [1.29, 1.82) is 0 Å². The lowest BCUT2D eigenvalue weighted by Crippen LogP contribution is -2.68. The fourth-order valence-electron chi connectivity index (χ4n) is 1.25. The second kappa shape index (κ2) is 7.31. The monoisotopic (exact) mass is 444 g/mol. The van der Waals surface area contributed by atoms with Gasteiger partial charge in [0.15, 0.2) is 6.17 Å². The standard InChI is InChI=1S/C8H6F13O4P/c9-1(3(11)12)2(10)5(14,15)7(18,19)8(20,21)6(16,17)4(13)25-26(22,23)24/h1-4H,(H2,22,23,24). The summed E-state index contributed by atoms with van der Waals surface area (Å²) in [6.07, 6.45) is -20.4. The molecule has 0 spiro atoms. The Morgan fingerprint density at radius 1 is 0.731 bits per heavy atom. The molecule has 0 saturated carbocycles. The lowest BCUT2D eigenvalue weighted by Gasteiger charge is -2.38. The van der Waals surface area contributed by atoms with E-state index in [4.69, 9.17) is 9.79 Å². The topological polar surface area (TPSA) is 66.8 Å². The van der Waals surface area contributed by atoms with Crippen molar-refractivity contribution in [2.75, 3.05) is 0 Å². The largest absolute Gasteiger partial charge is 0.472 e. The predicted octanol–water partition coefficient (Wildman–Crippen LogP) is 3.87. The van der Waals surface area contributed by atoms with Gasteiger partial charge in [-0.3, -0.25) is 0 Å². The first-order chi connectivity index (χ1) is 11.1. The summed E-state index contributed by atoms with van der Waals surface area (Å²) >= 11 is 0. The molecule has 0 aromatic heterocycles. The molecule has 3 atom stereocenters. The predicted molar refractivity (Wildman–Crippen MR) is 53.6 cm³/mol. The molecule has 0 aromatic carbocycles. The van der Waals surface area contributed by atoms with Gasteiger partial charge in [-0.25, -0.2) is 31.0 Å². The summed E-state index contributed by atoms with van der Waals surface area (Å²) in [6, 6.07) is 0. The van der Waals surface area contributed by atoms with E-state index < -0.39 is 56.6 Å². The van der Waals surface area contributed by atoms with Crippen molar-refractivity contribution in [2.24, 2.45) is 0 Å². The van der Waals surface area contributed by atoms with Crippen molar-refractivity contribution >= 4 is 7.82 Å². The Morgan fingerprint density at radius 3 is 1.38 bits per heavy atom. The van der Waals surface area contributed by atoms with Gasteiger partial charge in [-0.15, -0.1) is 0 Å². The van der Waals surface area contributed by atoms with E-state index in [1.807, 2.05) is 0 Å². The Bertz CT molecular complexity index is 534. The van der Waals surface area contributed by atoms with E-state index in [-0.39, 0.29) is 0 Å². The average molecular weight is 444 g/mol. The fourth-order valence-corrected chi connectivity index (χ4v) is 1.62. The molecular formula is C8H6F13O4P. The quantitative estimate of drug-likeness (QED) is 0.419. The van der Waals surface area contributed by atoms with Gasteiger partial charge in [-0.1, -0.05) is 0 Å². The highest BCUT2D eigenvalue weighted by molar-refractivity contribution is 7.46. The minimum absolute atomic E-state index is 2.35. The van der Waals surface area contributed by atoms with Crippen LogP contribution in [-0.2, 0) is 9.09 Å². The van der Waals surface area contributed by atoms with Crippen LogP contribution in [0.5, 0.6) is 0 Å². The van der Waals surface area contributed by atoms with Crippen LogP contribution in [0.4, 0.5) is 57.1 Å². The Balaban J connectivity index is 6.02. The highest BCUT2D eigenvalue weighted by Crippen LogP contribution is 2.57. The average Bonchev–Trinajstić information content (AvgIpc) is 2.42. The van der Waals surface area contributed by atoms with Gasteiger partial charge in [0.05, 0.1) is 0 Å². The fraction of sp³-hybridized carbons (Fsp3) is 1.00. The first kappa shape index (κ1) is 25.2. The smallest absolute Gasteiger partial charge is 0.303 e. The molecule has 4 nitrogen and oxygen atoms in total. The second-order valence-electron chi connectivity index (χ2n) is 4.49. The van der Waals surface area contributed by atoms with Crippen molar-refractivity contribution in [3.8, 4) is 0 Å². The van der Waals surface area contributed by atoms with E-state index in [9.17, 15) is 61.6 Å². The number of halogens is 13. The zero-order valence-electron chi connectivity index (χ0n) is 11.4. The van der Waals surface area contributed by atoms with E-state index >= 15 is 0 Å². The van der Waals surface area contributed by atoms with Crippen LogP contribution in [0.1, 0.15) is 0 Å². The molecule has 0 fully saturated rings. The molecular weight excluding hydrogens is 438 g/mol. The normalized spacial score (nSPS) is 18.8. The maximum atomic E-state index is 13.1. The van der Waals surface area contributed by atoms with Crippen molar-refractivity contribution in [3.63, 3.8) is 0 Å². The molecule has 0 saturated heterocycles. The lowest BCUT2D eigenvalue weighted by atomic mass is 9.94. The van der Waals surface area contributed by atoms with Crippen molar-refractivity contribution in [3.05, 3.63) is 0 Å². The number of rotatable bonds is 9. The molecule has 0 aromatic rings. The number of hydrogen-bond donors (Lipinski definition) is 2. The number of phosphoric ester groups is 1. The van der Waals surface area contributed by atoms with Crippen LogP contribution in [0.15, 0.2) is 0 Å². The summed E-state index contributed by atoms with van der Waals surface area (Å²) in [6.45, 7) is 0. The number of alkyl halides is 13. The van der Waals surface area contributed by atoms with Crippen LogP contribution in [-0.4, -0.2) is 58.6 Å². The summed E-state index contributed by atoms with van der Waals surface area (Å²) in [5.74, 6) is -29.8. The van der Waals surface area contributed by atoms with Crippen LogP contribution in [0.2, 0.25) is 0 Å². The molecule has 0 rings (SSSR count). The van der Waals surface area contributed by atoms with Crippen molar-refractivity contribution < 1.29 is 76.0 Å². The molecule has 0 heterocycles. The Hall–Kier alpha value is -0.800. The third-order valence-electron chi connectivity index (χ3n) is 2.61.